The molecule has 8 heteroatoms. The first-order valence-electron chi connectivity index (χ1n) is 8.76. The maximum absolute atomic E-state index is 12.4. The Hall–Kier alpha value is -2.48. The number of benzene rings is 1. The summed E-state index contributed by atoms with van der Waals surface area (Å²) < 4.78 is 1.70. The maximum atomic E-state index is 12.4. The van der Waals surface area contributed by atoms with Crippen molar-refractivity contribution in [3.8, 4) is 5.69 Å². The van der Waals surface area contributed by atoms with Crippen LogP contribution in [0.1, 0.15) is 24.8 Å². The Labute approximate surface area is 155 Å². The minimum Gasteiger partial charge on any atom is -0.342 e. The lowest BCUT2D eigenvalue weighted by atomic mass is 10.1. The normalized spacial score (nSPS) is 14.7. The molecule has 0 radical (unpaired) electrons. The third-order valence-corrected chi connectivity index (χ3v) is 5.49. The van der Waals surface area contributed by atoms with Crippen LogP contribution in [0.3, 0.4) is 0 Å². The zero-order chi connectivity index (χ0) is 17.9. The van der Waals surface area contributed by atoms with Crippen LogP contribution in [-0.2, 0) is 4.79 Å². The summed E-state index contributed by atoms with van der Waals surface area (Å²) in [6.45, 7) is 3.77. The molecule has 2 aromatic heterocycles. The van der Waals surface area contributed by atoms with Gasteiger partial charge in [-0.15, -0.1) is 5.10 Å². The number of amides is 1. The Morgan fingerprint density at radius 1 is 1.12 bits per heavy atom. The average molecular weight is 368 g/mol. The van der Waals surface area contributed by atoms with Gasteiger partial charge in [-0.3, -0.25) is 4.79 Å². The first kappa shape index (κ1) is 17.0. The highest BCUT2D eigenvalue weighted by Gasteiger charge is 2.19. The molecule has 7 nitrogen and oxygen atoms in total. The molecule has 0 bridgehead atoms. The summed E-state index contributed by atoms with van der Waals surface area (Å²) in [6.07, 6.45) is 4.91. The molecule has 26 heavy (non-hydrogen) atoms. The van der Waals surface area contributed by atoms with Crippen LogP contribution < -0.4 is 0 Å². The number of likely N-dealkylation sites (tertiary alicyclic amines) is 1. The van der Waals surface area contributed by atoms with E-state index in [2.05, 4.69) is 20.3 Å². The largest absolute Gasteiger partial charge is 0.342 e. The molecule has 3 heterocycles. The third-order valence-electron chi connectivity index (χ3n) is 4.52. The summed E-state index contributed by atoms with van der Waals surface area (Å²) in [5.74, 6) is 0.524. The fourth-order valence-corrected chi connectivity index (χ4v) is 3.89. The van der Waals surface area contributed by atoms with Crippen molar-refractivity contribution in [2.45, 2.75) is 31.2 Å². The number of aromatic nitrogens is 5. The fraction of sp³-hybridized carbons (Fsp3) is 0.389. The number of fused-ring (bicyclic) bond motifs is 1. The van der Waals surface area contributed by atoms with E-state index in [1.165, 1.54) is 30.1 Å². The van der Waals surface area contributed by atoms with E-state index in [0.717, 1.165) is 31.6 Å². The van der Waals surface area contributed by atoms with Gasteiger partial charge < -0.3 is 4.90 Å². The van der Waals surface area contributed by atoms with Gasteiger partial charge in [0.05, 0.1) is 11.4 Å². The standard InChI is InChI=1S/C18H20N6OS/c1-13-5-7-14(8-6-13)24-17-16(21-22-24)18(20-12-19-17)26-11-15(25)23-9-3-2-4-10-23/h5-8,12H,2-4,9-11H2,1H3. The summed E-state index contributed by atoms with van der Waals surface area (Å²) in [7, 11) is 0. The van der Waals surface area contributed by atoms with E-state index >= 15 is 0 Å². The van der Waals surface area contributed by atoms with Crippen LogP contribution in [0, 0.1) is 6.92 Å². The molecule has 0 aliphatic carbocycles. The monoisotopic (exact) mass is 368 g/mol. The topological polar surface area (TPSA) is 76.8 Å². The van der Waals surface area contributed by atoms with Gasteiger partial charge in [0.2, 0.25) is 5.91 Å². The molecule has 0 unspecified atom stereocenters. The van der Waals surface area contributed by atoms with Crippen molar-refractivity contribution in [2.75, 3.05) is 18.8 Å². The molecule has 3 aromatic rings. The molecule has 1 aliphatic heterocycles. The van der Waals surface area contributed by atoms with Gasteiger partial charge in [0.15, 0.2) is 11.2 Å². The molecule has 0 spiro atoms. The Morgan fingerprint density at radius 3 is 2.65 bits per heavy atom. The number of hydrogen-bond acceptors (Lipinski definition) is 6. The summed E-state index contributed by atoms with van der Waals surface area (Å²) in [5, 5.41) is 9.17. The average Bonchev–Trinajstić information content (AvgIpc) is 3.12. The molecular weight excluding hydrogens is 348 g/mol. The van der Waals surface area contributed by atoms with Gasteiger partial charge in [-0.05, 0) is 38.3 Å². The number of piperidine rings is 1. The predicted octanol–water partition coefficient (Wildman–Crippen LogP) is 2.62. The summed E-state index contributed by atoms with van der Waals surface area (Å²) >= 11 is 1.40. The Balaban J connectivity index is 1.55. The second kappa shape index (κ2) is 7.41. The lowest BCUT2D eigenvalue weighted by Crippen LogP contribution is -2.36. The second-order valence-electron chi connectivity index (χ2n) is 6.42. The number of carbonyl (C=O) groups is 1. The number of nitrogens with zero attached hydrogens (tertiary/aromatic N) is 6. The molecule has 1 saturated heterocycles. The Bertz CT molecular complexity index is 917. The first-order chi connectivity index (χ1) is 12.7. The zero-order valence-corrected chi connectivity index (χ0v) is 15.4. The quantitative estimate of drug-likeness (QED) is 0.520. The van der Waals surface area contributed by atoms with Crippen LogP contribution in [0.2, 0.25) is 0 Å². The molecule has 134 valence electrons. The summed E-state index contributed by atoms with van der Waals surface area (Å²) in [6, 6.07) is 8.02. The second-order valence-corrected chi connectivity index (χ2v) is 7.38. The molecule has 0 saturated carbocycles. The number of rotatable bonds is 4. The van der Waals surface area contributed by atoms with Gasteiger partial charge in [0.25, 0.3) is 0 Å². The van der Waals surface area contributed by atoms with Crippen LogP contribution in [-0.4, -0.2) is 54.6 Å². The predicted molar refractivity (Wildman–Crippen MR) is 100 cm³/mol. The summed E-state index contributed by atoms with van der Waals surface area (Å²) in [4.78, 5) is 23.0. The van der Waals surface area contributed by atoms with Crippen LogP contribution >= 0.6 is 11.8 Å². The SMILES string of the molecule is Cc1ccc(-n2nnc3c(SCC(=O)N4CCCCC4)ncnc32)cc1. The molecule has 0 N–H and O–H groups in total. The third kappa shape index (κ3) is 3.41. The molecule has 1 aromatic carbocycles. The van der Waals surface area contributed by atoms with Crippen LogP contribution in [0.15, 0.2) is 35.6 Å². The Kier molecular flexibility index (Phi) is 4.83. The Morgan fingerprint density at radius 2 is 1.88 bits per heavy atom. The van der Waals surface area contributed by atoms with Gasteiger partial charge >= 0.3 is 0 Å². The van der Waals surface area contributed by atoms with E-state index < -0.39 is 0 Å². The minimum absolute atomic E-state index is 0.160. The number of carbonyl (C=O) groups excluding carboxylic acids is 1. The highest BCUT2D eigenvalue weighted by atomic mass is 32.2. The maximum Gasteiger partial charge on any atom is 0.232 e. The van der Waals surface area contributed by atoms with Gasteiger partial charge in [-0.25, -0.2) is 9.97 Å². The zero-order valence-electron chi connectivity index (χ0n) is 14.6. The lowest BCUT2D eigenvalue weighted by molar-refractivity contribution is -0.129. The van der Waals surface area contributed by atoms with E-state index in [4.69, 9.17) is 0 Å². The van der Waals surface area contributed by atoms with Crippen molar-refractivity contribution in [1.82, 2.24) is 29.9 Å². The van der Waals surface area contributed by atoms with E-state index in [1.54, 1.807) is 4.68 Å². The van der Waals surface area contributed by atoms with Crippen LogP contribution in [0.25, 0.3) is 16.9 Å². The van der Waals surface area contributed by atoms with Crippen LogP contribution in [0.5, 0.6) is 0 Å². The van der Waals surface area contributed by atoms with Crippen molar-refractivity contribution in [3.63, 3.8) is 0 Å². The van der Waals surface area contributed by atoms with Crippen LogP contribution in [0.4, 0.5) is 0 Å². The molecule has 1 fully saturated rings. The lowest BCUT2D eigenvalue weighted by Gasteiger charge is -2.26. The number of aryl methyl sites for hydroxylation is 1. The highest BCUT2D eigenvalue weighted by molar-refractivity contribution is 8.00. The van der Waals surface area contributed by atoms with Gasteiger partial charge in [0, 0.05) is 13.1 Å². The molecular formula is C18H20N6OS. The van der Waals surface area contributed by atoms with E-state index in [0.29, 0.717) is 21.9 Å². The molecule has 0 atom stereocenters. The molecule has 1 aliphatic rings. The number of hydrogen-bond donors (Lipinski definition) is 0. The smallest absolute Gasteiger partial charge is 0.232 e. The van der Waals surface area contributed by atoms with Crippen molar-refractivity contribution >= 4 is 28.8 Å². The highest BCUT2D eigenvalue weighted by Crippen LogP contribution is 2.24. The van der Waals surface area contributed by atoms with E-state index in [1.807, 2.05) is 36.1 Å². The molecule has 4 rings (SSSR count). The van der Waals surface area contributed by atoms with E-state index in [-0.39, 0.29) is 5.91 Å². The van der Waals surface area contributed by atoms with Gasteiger partial charge in [-0.1, -0.05) is 34.7 Å². The summed E-state index contributed by atoms with van der Waals surface area (Å²) in [5.41, 5.74) is 3.36. The van der Waals surface area contributed by atoms with Crippen molar-refractivity contribution in [2.24, 2.45) is 0 Å². The first-order valence-corrected chi connectivity index (χ1v) is 9.75. The van der Waals surface area contributed by atoms with Crippen molar-refractivity contribution in [1.29, 1.82) is 0 Å². The minimum atomic E-state index is 0.160. The van der Waals surface area contributed by atoms with E-state index in [9.17, 15) is 4.79 Å². The molecule has 1 amide bonds. The van der Waals surface area contributed by atoms with Crippen molar-refractivity contribution < 1.29 is 4.79 Å². The van der Waals surface area contributed by atoms with Gasteiger partial charge in [-0.2, -0.15) is 4.68 Å². The number of thioether (sulfide) groups is 1. The van der Waals surface area contributed by atoms with Gasteiger partial charge in [0.1, 0.15) is 11.4 Å². The van der Waals surface area contributed by atoms with Crippen molar-refractivity contribution in [3.05, 3.63) is 36.2 Å². The fourth-order valence-electron chi connectivity index (χ4n) is 3.06.